The molecule has 1 aromatic carbocycles. The van der Waals surface area contributed by atoms with E-state index in [9.17, 15) is 4.79 Å². The molecule has 3 rings (SSSR count). The Morgan fingerprint density at radius 3 is 2.70 bits per heavy atom. The van der Waals surface area contributed by atoms with Crippen molar-refractivity contribution in [3.8, 4) is 0 Å². The third-order valence-corrected chi connectivity index (χ3v) is 5.12. The second-order valence-electron chi connectivity index (χ2n) is 8.67. The zero-order valence-corrected chi connectivity index (χ0v) is 16.7. The quantitative estimate of drug-likeness (QED) is 0.612. The third kappa shape index (κ3) is 5.34. The summed E-state index contributed by atoms with van der Waals surface area (Å²) in [5.41, 5.74) is 4.15. The first-order chi connectivity index (χ1) is 12.9. The van der Waals surface area contributed by atoms with Crippen molar-refractivity contribution < 1.29 is 9.53 Å². The molecule has 1 amide bonds. The molecule has 5 nitrogen and oxygen atoms in total. The molecule has 27 heavy (non-hydrogen) atoms. The van der Waals surface area contributed by atoms with Crippen molar-refractivity contribution in [2.24, 2.45) is 10.5 Å². The van der Waals surface area contributed by atoms with Crippen LogP contribution in [-0.2, 0) is 11.3 Å². The van der Waals surface area contributed by atoms with Crippen LogP contribution in [0.5, 0.6) is 0 Å². The van der Waals surface area contributed by atoms with Crippen molar-refractivity contribution in [2.45, 2.75) is 65.0 Å². The van der Waals surface area contributed by atoms with Gasteiger partial charge in [0.1, 0.15) is 12.4 Å². The monoisotopic (exact) mass is 369 g/mol. The van der Waals surface area contributed by atoms with E-state index in [0.717, 1.165) is 37.1 Å². The molecular weight excluding hydrogens is 338 g/mol. The number of nitrogens with zero attached hydrogens (tertiary/aromatic N) is 2. The average molecular weight is 370 g/mol. The summed E-state index contributed by atoms with van der Waals surface area (Å²) >= 11 is 0. The summed E-state index contributed by atoms with van der Waals surface area (Å²) in [7, 11) is 0. The molecule has 0 aromatic heterocycles. The Morgan fingerprint density at radius 1 is 1.26 bits per heavy atom. The van der Waals surface area contributed by atoms with Crippen LogP contribution in [0, 0.1) is 5.41 Å². The van der Waals surface area contributed by atoms with Gasteiger partial charge in [-0.15, -0.1) is 0 Å². The minimum atomic E-state index is -0.317. The van der Waals surface area contributed by atoms with Crippen LogP contribution in [0.25, 0.3) is 0 Å². The molecule has 1 spiro atoms. The van der Waals surface area contributed by atoms with Crippen LogP contribution in [-0.4, -0.2) is 28.9 Å². The van der Waals surface area contributed by atoms with Gasteiger partial charge in [-0.3, -0.25) is 4.90 Å². The molecule has 1 N–H and O–H groups in total. The smallest absolute Gasteiger partial charge is 0.415 e. The van der Waals surface area contributed by atoms with Crippen LogP contribution < -0.4 is 5.43 Å². The van der Waals surface area contributed by atoms with Gasteiger partial charge in [-0.2, -0.15) is 5.10 Å². The van der Waals surface area contributed by atoms with Crippen molar-refractivity contribution in [2.75, 3.05) is 6.54 Å². The van der Waals surface area contributed by atoms with E-state index in [0.29, 0.717) is 6.54 Å². The molecule has 0 bridgehead atoms. The van der Waals surface area contributed by atoms with Gasteiger partial charge < -0.3 is 10.2 Å². The van der Waals surface area contributed by atoms with Gasteiger partial charge in [0.05, 0.1) is 0 Å². The van der Waals surface area contributed by atoms with E-state index in [1.54, 1.807) is 4.90 Å². The molecule has 0 radical (unpaired) electrons. The largest absolute Gasteiger partial charge is 0.444 e. The van der Waals surface area contributed by atoms with Gasteiger partial charge >= 0.3 is 6.09 Å². The number of carbonyl (C=O) groups is 1. The summed E-state index contributed by atoms with van der Waals surface area (Å²) in [5, 5.41) is 4.62. The first-order valence-corrected chi connectivity index (χ1v) is 9.87. The Kier molecular flexibility index (Phi) is 5.88. The van der Waals surface area contributed by atoms with E-state index in [2.05, 4.69) is 43.5 Å². The number of ether oxygens (including phenoxy) is 1. The number of amides is 1. The van der Waals surface area contributed by atoms with Gasteiger partial charge in [0.15, 0.2) is 0 Å². The lowest BCUT2D eigenvalue weighted by atomic mass is 9.71. The second-order valence-corrected chi connectivity index (χ2v) is 8.67. The van der Waals surface area contributed by atoms with Crippen molar-refractivity contribution >= 4 is 11.9 Å². The zero-order valence-electron chi connectivity index (χ0n) is 16.7. The highest BCUT2D eigenvalue weighted by atomic mass is 16.6. The molecule has 1 fully saturated rings. The molecule has 1 unspecified atom stereocenters. The average Bonchev–Trinajstić information content (AvgIpc) is 2.65. The van der Waals surface area contributed by atoms with E-state index in [1.165, 1.54) is 6.42 Å². The summed E-state index contributed by atoms with van der Waals surface area (Å²) in [6.07, 6.45) is 9.54. The summed E-state index contributed by atoms with van der Waals surface area (Å²) in [6, 6.07) is 9.77. The summed E-state index contributed by atoms with van der Waals surface area (Å²) in [4.78, 5) is 14.5. The number of hydrazone groups is 1. The molecule has 1 saturated heterocycles. The number of piperidine rings is 1. The Hall–Kier alpha value is -2.30. The minimum Gasteiger partial charge on any atom is -0.444 e. The van der Waals surface area contributed by atoms with E-state index in [-0.39, 0.29) is 23.7 Å². The van der Waals surface area contributed by atoms with Crippen LogP contribution in [0.1, 0.15) is 58.4 Å². The van der Waals surface area contributed by atoms with Gasteiger partial charge in [-0.1, -0.05) is 42.5 Å². The van der Waals surface area contributed by atoms with Gasteiger partial charge in [-0.25, -0.2) is 4.79 Å². The number of rotatable bonds is 3. The highest BCUT2D eigenvalue weighted by molar-refractivity contribution is 5.96. The molecule has 1 aliphatic carbocycles. The number of amidine groups is 1. The maximum atomic E-state index is 12.8. The van der Waals surface area contributed by atoms with E-state index in [1.807, 2.05) is 30.3 Å². The maximum Gasteiger partial charge on any atom is 0.415 e. The first-order valence-electron chi connectivity index (χ1n) is 9.87. The second kappa shape index (κ2) is 8.15. The highest BCUT2D eigenvalue weighted by Crippen LogP contribution is 2.41. The van der Waals surface area contributed by atoms with Crippen molar-refractivity contribution in [3.05, 3.63) is 48.0 Å². The topological polar surface area (TPSA) is 53.9 Å². The standard InChI is InChI=1S/C22H31N3O2/c1-21(2,3)24-23-19-16-22(12-8-5-9-13-22)14-15-25(19)20(26)27-17-18-10-6-4-7-11-18/h4,6-8,10-12,24H,5,9,13-17H2,1-3H3/b23-19+. The van der Waals surface area contributed by atoms with Crippen LogP contribution >= 0.6 is 0 Å². The van der Waals surface area contributed by atoms with E-state index in [4.69, 9.17) is 4.74 Å². The van der Waals surface area contributed by atoms with Crippen LogP contribution in [0.3, 0.4) is 0 Å². The van der Waals surface area contributed by atoms with Crippen molar-refractivity contribution in [1.82, 2.24) is 10.3 Å². The molecular formula is C22H31N3O2. The number of allylic oxidation sites excluding steroid dienone is 2. The number of carbonyl (C=O) groups excluding carboxylic acids is 1. The van der Waals surface area contributed by atoms with Crippen LogP contribution in [0.15, 0.2) is 47.6 Å². The lowest BCUT2D eigenvalue weighted by Gasteiger charge is -2.41. The maximum absolute atomic E-state index is 12.8. The fourth-order valence-electron chi connectivity index (χ4n) is 3.63. The van der Waals surface area contributed by atoms with Gasteiger partial charge in [0.2, 0.25) is 0 Å². The molecule has 5 heteroatoms. The number of nitrogens with one attached hydrogen (secondary N) is 1. The Morgan fingerprint density at radius 2 is 2.04 bits per heavy atom. The fourth-order valence-corrected chi connectivity index (χ4v) is 3.63. The molecule has 1 heterocycles. The normalized spacial score (nSPS) is 24.3. The van der Waals surface area contributed by atoms with Gasteiger partial charge in [-0.05, 0) is 57.4 Å². The van der Waals surface area contributed by atoms with E-state index < -0.39 is 0 Å². The molecule has 1 aromatic rings. The molecule has 2 aliphatic rings. The number of benzene rings is 1. The fraction of sp³-hybridized carbons (Fsp3) is 0.545. The van der Waals surface area contributed by atoms with Crippen LogP contribution in [0.2, 0.25) is 0 Å². The molecule has 0 saturated carbocycles. The number of hydrogen-bond donors (Lipinski definition) is 1. The minimum absolute atomic E-state index is 0.132. The third-order valence-electron chi connectivity index (χ3n) is 5.12. The number of hydrogen-bond acceptors (Lipinski definition) is 4. The Labute approximate surface area is 162 Å². The summed E-state index contributed by atoms with van der Waals surface area (Å²) in [5.74, 6) is 0.779. The first kappa shape index (κ1) is 19.5. The van der Waals surface area contributed by atoms with Gasteiger partial charge in [0, 0.05) is 18.5 Å². The van der Waals surface area contributed by atoms with E-state index >= 15 is 0 Å². The highest BCUT2D eigenvalue weighted by Gasteiger charge is 2.39. The Bertz CT molecular complexity index is 706. The predicted molar refractivity (Wildman–Crippen MR) is 108 cm³/mol. The summed E-state index contributed by atoms with van der Waals surface area (Å²) < 4.78 is 5.57. The molecule has 146 valence electrons. The van der Waals surface area contributed by atoms with Crippen LogP contribution in [0.4, 0.5) is 4.79 Å². The lowest BCUT2D eigenvalue weighted by Crippen LogP contribution is -2.48. The lowest BCUT2D eigenvalue weighted by molar-refractivity contribution is 0.105. The number of likely N-dealkylation sites (tertiary alicyclic amines) is 1. The zero-order chi connectivity index (χ0) is 19.3. The predicted octanol–water partition coefficient (Wildman–Crippen LogP) is 4.85. The van der Waals surface area contributed by atoms with Crippen molar-refractivity contribution in [3.63, 3.8) is 0 Å². The van der Waals surface area contributed by atoms with Crippen molar-refractivity contribution in [1.29, 1.82) is 0 Å². The Balaban J connectivity index is 1.72. The van der Waals surface area contributed by atoms with Gasteiger partial charge in [0.25, 0.3) is 0 Å². The molecule has 1 atom stereocenters. The summed E-state index contributed by atoms with van der Waals surface area (Å²) in [6.45, 7) is 7.11. The SMILES string of the molecule is CC(C)(C)N/N=C1\CC2(C=CCCC2)CCN1C(=O)OCc1ccccc1. The molecule has 1 aliphatic heterocycles.